The van der Waals surface area contributed by atoms with E-state index >= 15 is 0 Å². The van der Waals surface area contributed by atoms with E-state index in [0.29, 0.717) is 29.9 Å². The van der Waals surface area contributed by atoms with Crippen molar-refractivity contribution in [1.29, 1.82) is 0 Å². The van der Waals surface area contributed by atoms with Crippen LogP contribution in [0, 0.1) is 11.8 Å². The van der Waals surface area contributed by atoms with Crippen LogP contribution < -0.4 is 15.5 Å². The molecule has 8 nitrogen and oxygen atoms in total. The molecule has 0 radical (unpaired) electrons. The van der Waals surface area contributed by atoms with Gasteiger partial charge in [-0.05, 0) is 56.7 Å². The molecule has 3 amide bonds. The zero-order chi connectivity index (χ0) is 25.3. The number of nitrogens with zero attached hydrogens (tertiary/aromatic N) is 2. The highest BCUT2D eigenvalue weighted by Gasteiger charge is 2.26. The molecule has 0 unspecified atom stereocenters. The van der Waals surface area contributed by atoms with E-state index in [1.807, 2.05) is 24.3 Å². The van der Waals surface area contributed by atoms with Gasteiger partial charge in [-0.2, -0.15) is 0 Å². The minimum Gasteiger partial charge on any atom is -0.465 e. The molecule has 10 heteroatoms. The number of thioether (sulfide) groups is 1. The van der Waals surface area contributed by atoms with Gasteiger partial charge in [-0.1, -0.05) is 43.1 Å². The van der Waals surface area contributed by atoms with Crippen LogP contribution in [0.2, 0.25) is 0 Å². The lowest BCUT2D eigenvalue weighted by atomic mass is 10.1. The van der Waals surface area contributed by atoms with Crippen molar-refractivity contribution in [1.82, 2.24) is 4.98 Å². The molecule has 194 valence electrons. The van der Waals surface area contributed by atoms with Gasteiger partial charge in [-0.25, -0.2) is 9.78 Å². The fourth-order valence-electron chi connectivity index (χ4n) is 4.82. The third-order valence-electron chi connectivity index (χ3n) is 6.65. The molecule has 1 aromatic heterocycles. The Balaban J connectivity index is 1.44. The molecule has 2 N–H and O–H groups in total. The molecule has 36 heavy (non-hydrogen) atoms. The Bertz CT molecular complexity index is 1050. The molecular weight excluding hydrogens is 496 g/mol. The number of carbonyl (C=O) groups is 3. The van der Waals surface area contributed by atoms with E-state index in [4.69, 9.17) is 4.74 Å². The van der Waals surface area contributed by atoms with Crippen molar-refractivity contribution in [3.63, 3.8) is 0 Å². The number of anilines is 3. The van der Waals surface area contributed by atoms with E-state index in [1.54, 1.807) is 18.0 Å². The van der Waals surface area contributed by atoms with Crippen molar-refractivity contribution in [3.8, 4) is 0 Å². The highest BCUT2D eigenvalue weighted by Crippen LogP contribution is 2.32. The number of carbonyl (C=O) groups excluding carboxylic acids is 3. The molecule has 2 saturated carbocycles. The van der Waals surface area contributed by atoms with Crippen LogP contribution in [0.25, 0.3) is 0 Å². The summed E-state index contributed by atoms with van der Waals surface area (Å²) in [7, 11) is 0. The number of aromatic nitrogens is 1. The normalized spacial score (nSPS) is 16.1. The molecular formula is C26H34N4O4S2. The number of hydrogen-bond acceptors (Lipinski definition) is 7. The third kappa shape index (κ3) is 7.46. The van der Waals surface area contributed by atoms with Gasteiger partial charge in [0, 0.05) is 23.8 Å². The summed E-state index contributed by atoms with van der Waals surface area (Å²) >= 11 is 2.67. The number of hydrogen-bond donors (Lipinski definition) is 2. The average molecular weight is 531 g/mol. The number of ether oxygens (including phenoxy) is 1. The smallest absolute Gasteiger partial charge is 0.328 e. The number of esters is 1. The Morgan fingerprint density at radius 1 is 1.11 bits per heavy atom. The van der Waals surface area contributed by atoms with E-state index in [9.17, 15) is 14.4 Å². The minimum absolute atomic E-state index is 0.0621. The molecule has 4 rings (SSSR count). The van der Waals surface area contributed by atoms with E-state index in [1.165, 1.54) is 35.9 Å². The molecule has 0 aliphatic heterocycles. The summed E-state index contributed by atoms with van der Waals surface area (Å²) in [6.45, 7) is 2.74. The average Bonchev–Trinajstić information content (AvgIpc) is 3.65. The molecule has 0 atom stereocenters. The maximum Gasteiger partial charge on any atom is 0.328 e. The summed E-state index contributed by atoms with van der Waals surface area (Å²) in [5, 5.41) is 6.46. The summed E-state index contributed by atoms with van der Waals surface area (Å²) in [5.41, 5.74) is 1.46. The van der Waals surface area contributed by atoms with Gasteiger partial charge in [-0.3, -0.25) is 19.8 Å². The maximum atomic E-state index is 13.4. The molecule has 2 aromatic rings. The first-order valence-corrected chi connectivity index (χ1v) is 14.6. The molecule has 1 heterocycles. The van der Waals surface area contributed by atoms with Crippen molar-refractivity contribution in [2.75, 3.05) is 34.4 Å². The van der Waals surface area contributed by atoms with Gasteiger partial charge in [0.1, 0.15) is 0 Å². The monoisotopic (exact) mass is 530 g/mol. The van der Waals surface area contributed by atoms with Gasteiger partial charge in [-0.15, -0.1) is 11.8 Å². The lowest BCUT2D eigenvalue weighted by Gasteiger charge is -2.26. The summed E-state index contributed by atoms with van der Waals surface area (Å²) in [4.78, 5) is 43.8. The van der Waals surface area contributed by atoms with Crippen molar-refractivity contribution in [2.24, 2.45) is 11.8 Å². The molecule has 0 bridgehead atoms. The Morgan fingerprint density at radius 2 is 1.86 bits per heavy atom. The fraction of sp³-hybridized carbons (Fsp3) is 0.538. The minimum atomic E-state index is -0.274. The van der Waals surface area contributed by atoms with Crippen LogP contribution in [0.4, 0.5) is 21.3 Å². The lowest BCUT2D eigenvalue weighted by Crippen LogP contribution is -2.38. The quantitative estimate of drug-likeness (QED) is 0.282. The summed E-state index contributed by atoms with van der Waals surface area (Å²) in [6.07, 6.45) is 10.3. The predicted molar refractivity (Wildman–Crippen MR) is 145 cm³/mol. The van der Waals surface area contributed by atoms with Crippen LogP contribution in [-0.2, 0) is 14.3 Å². The third-order valence-corrected chi connectivity index (χ3v) is 8.73. The van der Waals surface area contributed by atoms with Crippen LogP contribution in [0.1, 0.15) is 58.3 Å². The Kier molecular flexibility index (Phi) is 9.63. The Hall–Kier alpha value is -2.59. The van der Waals surface area contributed by atoms with E-state index in [2.05, 4.69) is 15.6 Å². The van der Waals surface area contributed by atoms with Crippen molar-refractivity contribution >= 4 is 57.5 Å². The van der Waals surface area contributed by atoms with E-state index in [-0.39, 0.29) is 29.6 Å². The Morgan fingerprint density at radius 3 is 2.61 bits per heavy atom. The summed E-state index contributed by atoms with van der Waals surface area (Å²) in [6, 6.07) is 7.28. The Labute approximate surface area is 220 Å². The number of nitrogens with one attached hydrogen (secondary N) is 2. The van der Waals surface area contributed by atoms with Gasteiger partial charge < -0.3 is 10.1 Å². The molecule has 0 saturated heterocycles. The maximum absolute atomic E-state index is 13.4. The standard InChI is InChI=1S/C26H34N4O4S2/c1-2-34-22(31)17-35-23-15-27-25(36-23)29-26(33)30(16-18-8-3-4-9-18)21-13-7-12-20(14-21)28-24(32)19-10-5-6-11-19/h7,12-15,18-19H,2-6,8-11,16-17H2,1H3,(H,28,32)(H,27,29,33). The molecule has 2 fully saturated rings. The number of benzene rings is 1. The van der Waals surface area contributed by atoms with Crippen LogP contribution >= 0.6 is 23.1 Å². The second-order valence-electron chi connectivity index (χ2n) is 9.29. The first kappa shape index (κ1) is 26.5. The van der Waals surface area contributed by atoms with Crippen molar-refractivity contribution < 1.29 is 19.1 Å². The second-order valence-corrected chi connectivity index (χ2v) is 11.6. The van der Waals surface area contributed by atoms with E-state index < -0.39 is 0 Å². The second kappa shape index (κ2) is 13.1. The largest absolute Gasteiger partial charge is 0.465 e. The first-order chi connectivity index (χ1) is 17.5. The highest BCUT2D eigenvalue weighted by molar-refractivity contribution is 8.01. The van der Waals surface area contributed by atoms with Gasteiger partial charge >= 0.3 is 12.0 Å². The van der Waals surface area contributed by atoms with Crippen molar-refractivity contribution in [2.45, 2.75) is 62.5 Å². The number of amides is 3. The number of rotatable bonds is 10. The zero-order valence-electron chi connectivity index (χ0n) is 20.7. The zero-order valence-corrected chi connectivity index (χ0v) is 22.3. The van der Waals surface area contributed by atoms with Gasteiger partial charge in [0.05, 0.1) is 22.8 Å². The fourth-order valence-corrected chi connectivity index (χ4v) is 6.48. The van der Waals surface area contributed by atoms with Gasteiger partial charge in [0.2, 0.25) is 5.91 Å². The topological polar surface area (TPSA) is 101 Å². The summed E-state index contributed by atoms with van der Waals surface area (Å²) in [5.74, 6) is 0.513. The number of urea groups is 1. The van der Waals surface area contributed by atoms with E-state index in [0.717, 1.165) is 48.4 Å². The highest BCUT2D eigenvalue weighted by atomic mass is 32.2. The first-order valence-electron chi connectivity index (χ1n) is 12.8. The predicted octanol–water partition coefficient (Wildman–Crippen LogP) is 6.16. The lowest BCUT2D eigenvalue weighted by molar-refractivity contribution is -0.139. The van der Waals surface area contributed by atoms with Crippen LogP contribution in [0.5, 0.6) is 0 Å². The summed E-state index contributed by atoms with van der Waals surface area (Å²) < 4.78 is 5.79. The van der Waals surface area contributed by atoms with Gasteiger partial charge in [0.25, 0.3) is 0 Å². The number of thiazole rings is 1. The van der Waals surface area contributed by atoms with Crippen LogP contribution in [0.3, 0.4) is 0 Å². The van der Waals surface area contributed by atoms with Crippen LogP contribution in [-0.4, -0.2) is 41.8 Å². The van der Waals surface area contributed by atoms with Crippen LogP contribution in [0.15, 0.2) is 34.7 Å². The SMILES string of the molecule is CCOC(=O)CSc1cnc(NC(=O)N(CC2CCCC2)c2cccc(NC(=O)C3CCCC3)c2)s1. The molecule has 2 aliphatic carbocycles. The molecule has 0 spiro atoms. The molecule has 1 aromatic carbocycles. The molecule has 2 aliphatic rings. The van der Waals surface area contributed by atoms with Crippen molar-refractivity contribution in [3.05, 3.63) is 30.5 Å². The van der Waals surface area contributed by atoms with Gasteiger partial charge in [0.15, 0.2) is 5.13 Å².